The molecule has 15 heavy (non-hydrogen) atoms. The number of carbonyl (C=O) groups is 1. The zero-order valence-corrected chi connectivity index (χ0v) is 8.13. The largest absolute Gasteiger partial charge is 0.456 e. The van der Waals surface area contributed by atoms with Crippen LogP contribution in [0.1, 0.15) is 16.8 Å². The second-order valence-corrected chi connectivity index (χ2v) is 3.42. The summed E-state index contributed by atoms with van der Waals surface area (Å²) in [5, 5.41) is 9.07. The van der Waals surface area contributed by atoms with Crippen LogP contribution in [-0.4, -0.2) is 30.1 Å². The minimum atomic E-state index is -0.807. The van der Waals surface area contributed by atoms with Crippen LogP contribution in [0.15, 0.2) is 30.3 Å². The Balaban J connectivity index is 1.93. The van der Waals surface area contributed by atoms with E-state index in [0.717, 1.165) is 0 Å². The van der Waals surface area contributed by atoms with E-state index in [-0.39, 0.29) is 18.7 Å². The van der Waals surface area contributed by atoms with Crippen LogP contribution in [0.3, 0.4) is 0 Å². The Bertz CT molecular complexity index is 336. The highest BCUT2D eigenvalue weighted by atomic mass is 16.6. The molecule has 0 bridgehead atoms. The first-order valence-corrected chi connectivity index (χ1v) is 4.81. The smallest absolute Gasteiger partial charge is 0.338 e. The summed E-state index contributed by atoms with van der Waals surface area (Å²) in [4.78, 5) is 11.5. The maximum atomic E-state index is 11.5. The van der Waals surface area contributed by atoms with E-state index in [4.69, 9.17) is 14.6 Å². The van der Waals surface area contributed by atoms with Gasteiger partial charge in [0.05, 0.1) is 12.2 Å². The number of rotatable bonds is 2. The van der Waals surface area contributed by atoms with E-state index in [2.05, 4.69) is 0 Å². The van der Waals surface area contributed by atoms with Crippen LogP contribution in [0.5, 0.6) is 0 Å². The highest BCUT2D eigenvalue weighted by Crippen LogP contribution is 2.15. The highest BCUT2D eigenvalue weighted by Gasteiger charge is 2.26. The van der Waals surface area contributed by atoms with Gasteiger partial charge < -0.3 is 14.6 Å². The second kappa shape index (κ2) is 4.42. The molecule has 1 unspecified atom stereocenters. The molecule has 0 amide bonds. The third kappa shape index (κ3) is 2.55. The molecule has 1 N–H and O–H groups in total. The SMILES string of the molecule is O=C(O[C@H]1COC(O)C1)c1ccccc1. The molecule has 1 fully saturated rings. The molecular formula is C11H12O4. The molecule has 0 saturated carbocycles. The summed E-state index contributed by atoms with van der Waals surface area (Å²) in [5.41, 5.74) is 0.513. The van der Waals surface area contributed by atoms with Gasteiger partial charge in [0.15, 0.2) is 6.29 Å². The van der Waals surface area contributed by atoms with Gasteiger partial charge in [-0.1, -0.05) is 18.2 Å². The number of esters is 1. The van der Waals surface area contributed by atoms with Gasteiger partial charge in [-0.15, -0.1) is 0 Å². The van der Waals surface area contributed by atoms with Gasteiger partial charge in [0.25, 0.3) is 0 Å². The van der Waals surface area contributed by atoms with Gasteiger partial charge in [0.2, 0.25) is 0 Å². The molecule has 1 aliphatic rings. The molecule has 80 valence electrons. The molecule has 1 heterocycles. The molecule has 2 atom stereocenters. The molecule has 2 rings (SSSR count). The average molecular weight is 208 g/mol. The van der Waals surface area contributed by atoms with Crippen LogP contribution in [0.4, 0.5) is 0 Å². The summed E-state index contributed by atoms with van der Waals surface area (Å²) < 4.78 is 10.0. The van der Waals surface area contributed by atoms with Crippen molar-refractivity contribution in [3.05, 3.63) is 35.9 Å². The zero-order chi connectivity index (χ0) is 10.7. The Hall–Kier alpha value is -1.39. The topological polar surface area (TPSA) is 55.8 Å². The predicted octanol–water partition coefficient (Wildman–Crippen LogP) is 0.951. The normalized spacial score (nSPS) is 25.1. The van der Waals surface area contributed by atoms with Crippen molar-refractivity contribution in [3.63, 3.8) is 0 Å². The van der Waals surface area contributed by atoms with E-state index < -0.39 is 6.29 Å². The highest BCUT2D eigenvalue weighted by molar-refractivity contribution is 5.89. The molecule has 1 aliphatic heterocycles. The quantitative estimate of drug-likeness (QED) is 0.735. The third-order valence-electron chi connectivity index (χ3n) is 2.22. The number of benzene rings is 1. The van der Waals surface area contributed by atoms with Crippen molar-refractivity contribution in [2.75, 3.05) is 6.61 Å². The minimum absolute atomic E-state index is 0.264. The van der Waals surface area contributed by atoms with E-state index in [1.54, 1.807) is 24.3 Å². The Morgan fingerprint density at radius 1 is 1.40 bits per heavy atom. The first-order chi connectivity index (χ1) is 7.25. The predicted molar refractivity (Wildman–Crippen MR) is 52.2 cm³/mol. The van der Waals surface area contributed by atoms with Gasteiger partial charge in [0, 0.05) is 6.42 Å². The fraction of sp³-hybridized carbons (Fsp3) is 0.364. The fourth-order valence-corrected chi connectivity index (χ4v) is 1.46. The zero-order valence-electron chi connectivity index (χ0n) is 8.13. The number of aliphatic hydroxyl groups is 1. The van der Waals surface area contributed by atoms with Gasteiger partial charge in [-0.3, -0.25) is 0 Å². The van der Waals surface area contributed by atoms with Crippen molar-refractivity contribution >= 4 is 5.97 Å². The van der Waals surface area contributed by atoms with Crippen molar-refractivity contribution in [2.24, 2.45) is 0 Å². The second-order valence-electron chi connectivity index (χ2n) is 3.42. The number of ether oxygens (including phenoxy) is 2. The number of carbonyl (C=O) groups excluding carboxylic acids is 1. The van der Waals surface area contributed by atoms with Gasteiger partial charge in [-0.05, 0) is 12.1 Å². The molecule has 1 aromatic carbocycles. The molecular weight excluding hydrogens is 196 g/mol. The summed E-state index contributed by atoms with van der Waals surface area (Å²) in [6, 6.07) is 8.76. The maximum absolute atomic E-state index is 11.5. The first-order valence-electron chi connectivity index (χ1n) is 4.81. The monoisotopic (exact) mass is 208 g/mol. The molecule has 0 radical (unpaired) electrons. The Morgan fingerprint density at radius 3 is 2.73 bits per heavy atom. The Morgan fingerprint density at radius 2 is 2.13 bits per heavy atom. The summed E-state index contributed by atoms with van der Waals surface area (Å²) in [6.45, 7) is 0.264. The van der Waals surface area contributed by atoms with Crippen LogP contribution in [-0.2, 0) is 9.47 Å². The fourth-order valence-electron chi connectivity index (χ4n) is 1.46. The lowest BCUT2D eigenvalue weighted by molar-refractivity contribution is -0.0597. The van der Waals surface area contributed by atoms with Crippen molar-refractivity contribution in [1.82, 2.24) is 0 Å². The molecule has 1 saturated heterocycles. The van der Waals surface area contributed by atoms with E-state index in [9.17, 15) is 4.79 Å². The lowest BCUT2D eigenvalue weighted by Crippen LogP contribution is -2.18. The van der Waals surface area contributed by atoms with Crippen LogP contribution in [0.2, 0.25) is 0 Å². The van der Waals surface area contributed by atoms with Crippen molar-refractivity contribution in [2.45, 2.75) is 18.8 Å². The maximum Gasteiger partial charge on any atom is 0.338 e. The summed E-state index contributed by atoms with van der Waals surface area (Å²) in [5.74, 6) is -0.377. The van der Waals surface area contributed by atoms with Crippen LogP contribution in [0, 0.1) is 0 Å². The summed E-state index contributed by atoms with van der Waals surface area (Å²) in [6.07, 6.45) is -0.801. The number of hydrogen-bond acceptors (Lipinski definition) is 4. The molecule has 1 aromatic rings. The van der Waals surface area contributed by atoms with E-state index in [1.165, 1.54) is 0 Å². The number of aliphatic hydroxyl groups excluding tert-OH is 1. The minimum Gasteiger partial charge on any atom is -0.456 e. The van der Waals surface area contributed by atoms with E-state index in [0.29, 0.717) is 12.0 Å². The van der Waals surface area contributed by atoms with Gasteiger partial charge in [0.1, 0.15) is 6.10 Å². The van der Waals surface area contributed by atoms with Crippen LogP contribution in [0.25, 0.3) is 0 Å². The van der Waals surface area contributed by atoms with Gasteiger partial charge in [-0.2, -0.15) is 0 Å². The molecule has 4 nitrogen and oxygen atoms in total. The van der Waals surface area contributed by atoms with E-state index >= 15 is 0 Å². The van der Waals surface area contributed by atoms with Crippen molar-refractivity contribution in [3.8, 4) is 0 Å². The van der Waals surface area contributed by atoms with E-state index in [1.807, 2.05) is 6.07 Å². The number of hydrogen-bond donors (Lipinski definition) is 1. The van der Waals surface area contributed by atoms with Gasteiger partial charge in [-0.25, -0.2) is 4.79 Å². The van der Waals surface area contributed by atoms with Crippen LogP contribution < -0.4 is 0 Å². The standard InChI is InChI=1S/C11H12O4/c12-10-6-9(7-14-10)15-11(13)8-4-2-1-3-5-8/h1-5,9-10,12H,6-7H2/t9-,10?/m1/s1. The van der Waals surface area contributed by atoms with Crippen molar-refractivity contribution in [1.29, 1.82) is 0 Å². The van der Waals surface area contributed by atoms with Crippen molar-refractivity contribution < 1.29 is 19.4 Å². The Labute approximate surface area is 87.4 Å². The third-order valence-corrected chi connectivity index (χ3v) is 2.22. The molecule has 0 aromatic heterocycles. The average Bonchev–Trinajstić information content (AvgIpc) is 2.65. The molecule has 0 aliphatic carbocycles. The first kappa shape index (κ1) is 10.1. The van der Waals surface area contributed by atoms with Gasteiger partial charge >= 0.3 is 5.97 Å². The lowest BCUT2D eigenvalue weighted by Gasteiger charge is -2.09. The molecule has 4 heteroatoms. The summed E-state index contributed by atoms with van der Waals surface area (Å²) >= 11 is 0. The van der Waals surface area contributed by atoms with Crippen LogP contribution >= 0.6 is 0 Å². The Kier molecular flexibility index (Phi) is 2.99. The lowest BCUT2D eigenvalue weighted by atomic mass is 10.2. The summed E-state index contributed by atoms with van der Waals surface area (Å²) in [7, 11) is 0. The molecule has 0 spiro atoms.